The molecule has 0 amide bonds. The molecule has 0 spiro atoms. The first-order valence-corrected chi connectivity index (χ1v) is 6.99. The second-order valence-electron chi connectivity index (χ2n) is 4.37. The van der Waals surface area contributed by atoms with Gasteiger partial charge in [-0.3, -0.25) is 0 Å². The Kier molecular flexibility index (Phi) is 4.78. The summed E-state index contributed by atoms with van der Waals surface area (Å²) in [5.41, 5.74) is 1.21. The number of nitrogens with one attached hydrogen (secondary N) is 1. The van der Waals surface area contributed by atoms with Crippen molar-refractivity contribution in [3.63, 3.8) is 0 Å². The van der Waals surface area contributed by atoms with E-state index in [1.54, 1.807) is 12.1 Å². The van der Waals surface area contributed by atoms with E-state index in [2.05, 4.69) is 15.3 Å². The van der Waals surface area contributed by atoms with Crippen LogP contribution in [0.15, 0.2) is 24.5 Å². The number of benzene rings is 1. The molecule has 0 aliphatic heterocycles. The average Bonchev–Trinajstić information content (AvgIpc) is 2.41. The van der Waals surface area contributed by atoms with Crippen LogP contribution in [0.3, 0.4) is 0 Å². The summed E-state index contributed by atoms with van der Waals surface area (Å²) < 4.78 is 14.1. The van der Waals surface area contributed by atoms with Crippen molar-refractivity contribution in [3.8, 4) is 0 Å². The van der Waals surface area contributed by atoms with Crippen molar-refractivity contribution in [2.45, 2.75) is 26.3 Å². The summed E-state index contributed by atoms with van der Waals surface area (Å²) in [6, 6.07) is 5.01. The van der Waals surface area contributed by atoms with Gasteiger partial charge < -0.3 is 5.32 Å². The molecule has 0 saturated carbocycles. The molecule has 2 rings (SSSR count). The summed E-state index contributed by atoms with van der Waals surface area (Å²) in [6.45, 7) is 3.72. The third-order valence-electron chi connectivity index (χ3n) is 2.98. The van der Waals surface area contributed by atoms with Crippen molar-refractivity contribution in [1.82, 2.24) is 9.97 Å². The van der Waals surface area contributed by atoms with Crippen LogP contribution in [-0.2, 0) is 6.42 Å². The Bertz CT molecular complexity index is 619. The number of aromatic nitrogens is 2. The first kappa shape index (κ1) is 15.0. The van der Waals surface area contributed by atoms with E-state index in [9.17, 15) is 4.39 Å². The number of halogens is 3. The second kappa shape index (κ2) is 6.37. The van der Waals surface area contributed by atoms with Gasteiger partial charge in [-0.15, -0.1) is 0 Å². The number of anilines is 1. The summed E-state index contributed by atoms with van der Waals surface area (Å²) in [7, 11) is 0. The summed E-state index contributed by atoms with van der Waals surface area (Å²) in [4.78, 5) is 7.83. The van der Waals surface area contributed by atoms with Crippen LogP contribution in [0.25, 0.3) is 0 Å². The molecule has 1 N–H and O–H groups in total. The molecule has 0 aliphatic carbocycles. The lowest BCUT2D eigenvalue weighted by atomic mass is 10.1. The third-order valence-corrected chi connectivity index (χ3v) is 3.54. The molecule has 3 nitrogen and oxygen atoms in total. The van der Waals surface area contributed by atoms with Crippen molar-refractivity contribution >= 4 is 29.0 Å². The quantitative estimate of drug-likeness (QED) is 0.892. The number of hydrogen-bond acceptors (Lipinski definition) is 3. The Morgan fingerprint density at radius 2 is 2.05 bits per heavy atom. The highest BCUT2D eigenvalue weighted by atomic mass is 35.5. The van der Waals surface area contributed by atoms with E-state index in [1.807, 2.05) is 19.9 Å². The van der Waals surface area contributed by atoms with Crippen LogP contribution in [0.2, 0.25) is 10.0 Å². The van der Waals surface area contributed by atoms with E-state index in [1.165, 1.54) is 6.33 Å². The van der Waals surface area contributed by atoms with Crippen molar-refractivity contribution in [2.75, 3.05) is 5.32 Å². The van der Waals surface area contributed by atoms with E-state index in [0.29, 0.717) is 22.2 Å². The van der Waals surface area contributed by atoms with Crippen LogP contribution in [0.5, 0.6) is 0 Å². The lowest BCUT2D eigenvalue weighted by Gasteiger charge is -2.17. The molecule has 1 aromatic carbocycles. The molecule has 0 fully saturated rings. The molecule has 1 aromatic heterocycles. The first-order valence-electron chi connectivity index (χ1n) is 6.23. The monoisotopic (exact) mass is 313 g/mol. The summed E-state index contributed by atoms with van der Waals surface area (Å²) >= 11 is 12.0. The summed E-state index contributed by atoms with van der Waals surface area (Å²) in [5, 5.41) is 4.10. The van der Waals surface area contributed by atoms with Gasteiger partial charge in [0.25, 0.3) is 0 Å². The first-order chi connectivity index (χ1) is 9.52. The molecule has 1 unspecified atom stereocenters. The van der Waals surface area contributed by atoms with Gasteiger partial charge in [-0.2, -0.15) is 0 Å². The predicted octanol–water partition coefficient (Wildman–Crippen LogP) is 4.66. The molecule has 0 radical (unpaired) electrons. The van der Waals surface area contributed by atoms with Gasteiger partial charge in [0.2, 0.25) is 0 Å². The zero-order valence-corrected chi connectivity index (χ0v) is 12.6. The Balaban J connectivity index is 2.25. The number of aryl methyl sites for hydroxylation is 1. The molecule has 106 valence electrons. The standard InChI is InChI=1S/C14H14Cl2FN3/c1-3-12-13(17)14(19-7-18-12)20-8(2)10-5-4-9(15)6-11(10)16/h4-8H,3H2,1-2H3,(H,18,19,20). The van der Waals surface area contributed by atoms with E-state index in [-0.39, 0.29) is 11.9 Å². The Hall–Kier alpha value is -1.39. The normalized spacial score (nSPS) is 12.2. The fraction of sp³-hybridized carbons (Fsp3) is 0.286. The Labute approximate surface area is 127 Å². The maximum Gasteiger partial charge on any atom is 0.186 e. The topological polar surface area (TPSA) is 37.8 Å². The van der Waals surface area contributed by atoms with E-state index in [0.717, 1.165) is 5.56 Å². The van der Waals surface area contributed by atoms with Crippen LogP contribution >= 0.6 is 23.2 Å². The van der Waals surface area contributed by atoms with Crippen LogP contribution in [0, 0.1) is 5.82 Å². The maximum absolute atomic E-state index is 14.1. The third kappa shape index (κ3) is 3.19. The highest BCUT2D eigenvalue weighted by Gasteiger charge is 2.15. The van der Waals surface area contributed by atoms with Crippen LogP contribution in [0.1, 0.15) is 31.1 Å². The Morgan fingerprint density at radius 1 is 1.30 bits per heavy atom. The molecule has 20 heavy (non-hydrogen) atoms. The summed E-state index contributed by atoms with van der Waals surface area (Å²) in [5.74, 6) is -0.248. The van der Waals surface area contributed by atoms with Gasteiger partial charge >= 0.3 is 0 Å². The molecule has 1 atom stereocenters. The highest BCUT2D eigenvalue weighted by molar-refractivity contribution is 6.35. The van der Waals surface area contributed by atoms with Crippen molar-refractivity contribution in [1.29, 1.82) is 0 Å². The van der Waals surface area contributed by atoms with Gasteiger partial charge in [-0.05, 0) is 31.0 Å². The molecule has 6 heteroatoms. The van der Waals surface area contributed by atoms with Gasteiger partial charge in [-0.25, -0.2) is 14.4 Å². The zero-order valence-electron chi connectivity index (χ0n) is 11.1. The van der Waals surface area contributed by atoms with Crippen LogP contribution in [0.4, 0.5) is 10.2 Å². The van der Waals surface area contributed by atoms with Crippen molar-refractivity contribution in [3.05, 3.63) is 51.6 Å². The van der Waals surface area contributed by atoms with Gasteiger partial charge in [0.15, 0.2) is 11.6 Å². The van der Waals surface area contributed by atoms with Gasteiger partial charge in [-0.1, -0.05) is 36.2 Å². The summed E-state index contributed by atoms with van der Waals surface area (Å²) in [6.07, 6.45) is 1.86. The van der Waals surface area contributed by atoms with Gasteiger partial charge in [0, 0.05) is 10.0 Å². The SMILES string of the molecule is CCc1ncnc(NC(C)c2ccc(Cl)cc2Cl)c1F. The lowest BCUT2D eigenvalue weighted by Crippen LogP contribution is -2.11. The Morgan fingerprint density at radius 3 is 2.70 bits per heavy atom. The molecule has 1 heterocycles. The minimum atomic E-state index is -0.424. The smallest absolute Gasteiger partial charge is 0.186 e. The van der Waals surface area contributed by atoms with E-state index < -0.39 is 5.82 Å². The molecular weight excluding hydrogens is 300 g/mol. The molecule has 0 aliphatic rings. The average molecular weight is 314 g/mol. The minimum Gasteiger partial charge on any atom is -0.361 e. The zero-order chi connectivity index (χ0) is 14.7. The predicted molar refractivity (Wildman–Crippen MR) is 79.9 cm³/mol. The molecule has 2 aromatic rings. The van der Waals surface area contributed by atoms with Gasteiger partial charge in [0.1, 0.15) is 6.33 Å². The number of hydrogen-bond donors (Lipinski definition) is 1. The fourth-order valence-electron chi connectivity index (χ4n) is 1.89. The molecule has 0 bridgehead atoms. The van der Waals surface area contributed by atoms with Gasteiger partial charge in [0.05, 0.1) is 11.7 Å². The van der Waals surface area contributed by atoms with Crippen LogP contribution < -0.4 is 5.32 Å². The lowest BCUT2D eigenvalue weighted by molar-refractivity contribution is 0.594. The number of rotatable bonds is 4. The van der Waals surface area contributed by atoms with E-state index in [4.69, 9.17) is 23.2 Å². The molecular formula is C14H14Cl2FN3. The second-order valence-corrected chi connectivity index (χ2v) is 5.21. The largest absolute Gasteiger partial charge is 0.361 e. The van der Waals surface area contributed by atoms with Crippen molar-refractivity contribution in [2.24, 2.45) is 0 Å². The molecule has 0 saturated heterocycles. The minimum absolute atomic E-state index is 0.176. The van der Waals surface area contributed by atoms with E-state index >= 15 is 0 Å². The maximum atomic E-state index is 14.1. The highest BCUT2D eigenvalue weighted by Crippen LogP contribution is 2.28. The fourth-order valence-corrected chi connectivity index (χ4v) is 2.46. The van der Waals surface area contributed by atoms with Crippen molar-refractivity contribution < 1.29 is 4.39 Å². The van der Waals surface area contributed by atoms with Crippen LogP contribution in [-0.4, -0.2) is 9.97 Å². The number of nitrogens with zero attached hydrogens (tertiary/aromatic N) is 2.